The van der Waals surface area contributed by atoms with Crippen molar-refractivity contribution in [2.45, 2.75) is 10.6 Å². The van der Waals surface area contributed by atoms with Gasteiger partial charge < -0.3 is 10.5 Å². The molecule has 0 atom stereocenters. The second-order valence-corrected chi connectivity index (χ2v) is 5.35. The third-order valence-corrected chi connectivity index (χ3v) is 4.01. The normalized spacial score (nSPS) is 10.8. The van der Waals surface area contributed by atoms with E-state index in [0.717, 1.165) is 10.5 Å². The van der Waals surface area contributed by atoms with E-state index < -0.39 is 5.97 Å². The number of methoxy groups -OCH3 is 1. The predicted molar refractivity (Wildman–Crippen MR) is 81.2 cm³/mol. The van der Waals surface area contributed by atoms with Gasteiger partial charge >= 0.3 is 5.97 Å². The third kappa shape index (κ3) is 2.70. The minimum atomic E-state index is -0.461. The molecule has 0 aliphatic carbocycles. The number of nitrogens with zero attached hydrogens (tertiary/aromatic N) is 4. The fraction of sp³-hybridized carbons (Fsp3) is 0.154. The number of carbonyl (C=O) groups excluding carboxylic acids is 1. The van der Waals surface area contributed by atoms with Crippen molar-refractivity contribution in [1.82, 2.24) is 25.4 Å². The van der Waals surface area contributed by atoms with E-state index in [-0.39, 0.29) is 0 Å². The van der Waals surface area contributed by atoms with Gasteiger partial charge in [0.05, 0.1) is 7.11 Å². The number of esters is 1. The molecule has 0 saturated heterocycles. The summed E-state index contributed by atoms with van der Waals surface area (Å²) in [4.78, 5) is 20.7. The Balaban J connectivity index is 1.89. The summed E-state index contributed by atoms with van der Waals surface area (Å²) in [7, 11) is 1.33. The highest BCUT2D eigenvalue weighted by atomic mass is 32.2. The number of H-pyrrole nitrogens is 1. The summed E-state index contributed by atoms with van der Waals surface area (Å²) in [5.74, 6) is 0.421. The Kier molecular flexibility index (Phi) is 3.88. The van der Waals surface area contributed by atoms with Crippen molar-refractivity contribution in [3.8, 4) is 0 Å². The zero-order chi connectivity index (χ0) is 15.5. The number of fused-ring (bicyclic) bond motifs is 1. The summed E-state index contributed by atoms with van der Waals surface area (Å²) in [5.41, 5.74) is 7.93. The number of aromatic nitrogens is 5. The number of anilines is 1. The van der Waals surface area contributed by atoms with Crippen LogP contribution in [-0.2, 0) is 10.5 Å². The van der Waals surface area contributed by atoms with Crippen molar-refractivity contribution in [3.63, 3.8) is 0 Å². The topological polar surface area (TPSA) is 120 Å². The van der Waals surface area contributed by atoms with Gasteiger partial charge in [-0.2, -0.15) is 10.3 Å². The molecular weight excluding hydrogens is 304 g/mol. The smallest absolute Gasteiger partial charge is 0.356 e. The van der Waals surface area contributed by atoms with E-state index in [1.165, 1.54) is 18.9 Å². The van der Waals surface area contributed by atoms with Crippen LogP contribution in [0, 0.1) is 0 Å². The monoisotopic (exact) mass is 316 g/mol. The number of nitrogen functional groups attached to an aromatic ring is 1. The Morgan fingerprint density at radius 3 is 3.14 bits per heavy atom. The molecule has 0 spiro atoms. The largest absolute Gasteiger partial charge is 0.464 e. The molecule has 3 rings (SSSR count). The maximum absolute atomic E-state index is 11.7. The van der Waals surface area contributed by atoms with E-state index in [1.807, 2.05) is 6.07 Å². The first-order chi connectivity index (χ1) is 10.7. The van der Waals surface area contributed by atoms with Crippen molar-refractivity contribution in [2.75, 3.05) is 12.8 Å². The van der Waals surface area contributed by atoms with E-state index in [9.17, 15) is 4.79 Å². The van der Waals surface area contributed by atoms with Crippen LogP contribution >= 0.6 is 11.8 Å². The summed E-state index contributed by atoms with van der Waals surface area (Å²) in [6.45, 7) is 0. The Morgan fingerprint density at radius 2 is 2.32 bits per heavy atom. The Morgan fingerprint density at radius 1 is 1.45 bits per heavy atom. The van der Waals surface area contributed by atoms with Crippen molar-refractivity contribution in [3.05, 3.63) is 35.7 Å². The summed E-state index contributed by atoms with van der Waals surface area (Å²) in [6, 6.07) is 5.33. The van der Waals surface area contributed by atoms with Crippen molar-refractivity contribution < 1.29 is 9.53 Å². The lowest BCUT2D eigenvalue weighted by atomic mass is 10.2. The van der Waals surface area contributed by atoms with Crippen molar-refractivity contribution in [1.29, 1.82) is 0 Å². The minimum Gasteiger partial charge on any atom is -0.464 e. The maximum Gasteiger partial charge on any atom is 0.356 e. The van der Waals surface area contributed by atoms with Gasteiger partial charge in [-0.05, 0) is 17.7 Å². The predicted octanol–water partition coefficient (Wildman–Crippen LogP) is 1.41. The summed E-state index contributed by atoms with van der Waals surface area (Å²) in [6.07, 6.45) is 1.56. The van der Waals surface area contributed by atoms with Crippen LogP contribution < -0.4 is 5.73 Å². The molecule has 3 N–H and O–H groups in total. The third-order valence-electron chi connectivity index (χ3n) is 2.93. The molecular formula is C13H12N6O2S. The maximum atomic E-state index is 11.7. The van der Waals surface area contributed by atoms with E-state index in [0.29, 0.717) is 28.4 Å². The van der Waals surface area contributed by atoms with Crippen LogP contribution in [-0.4, -0.2) is 38.5 Å². The van der Waals surface area contributed by atoms with Gasteiger partial charge in [0.25, 0.3) is 0 Å². The average Bonchev–Trinajstić information content (AvgIpc) is 3.00. The van der Waals surface area contributed by atoms with Gasteiger partial charge in [-0.25, -0.2) is 14.8 Å². The van der Waals surface area contributed by atoms with Gasteiger partial charge in [-0.3, -0.25) is 0 Å². The number of carbonyl (C=O) groups is 1. The number of nitrogens with one attached hydrogen (secondary N) is 1. The molecule has 0 saturated carbocycles. The fourth-order valence-electron chi connectivity index (χ4n) is 1.93. The van der Waals surface area contributed by atoms with Crippen LogP contribution in [0.1, 0.15) is 16.1 Å². The van der Waals surface area contributed by atoms with Gasteiger partial charge in [0, 0.05) is 16.8 Å². The number of hydrogen-bond donors (Lipinski definition) is 2. The lowest BCUT2D eigenvalue weighted by Crippen LogP contribution is -2.07. The van der Waals surface area contributed by atoms with Gasteiger partial charge in [0.2, 0.25) is 5.65 Å². The molecule has 0 aliphatic heterocycles. The van der Waals surface area contributed by atoms with Crippen LogP contribution in [0.4, 0.5) is 5.82 Å². The number of nitrogens with two attached hydrogens (primary N) is 1. The summed E-state index contributed by atoms with van der Waals surface area (Å²) in [5, 5.41) is 10.5. The molecule has 22 heavy (non-hydrogen) atoms. The van der Waals surface area contributed by atoms with Gasteiger partial charge in [-0.1, -0.05) is 6.07 Å². The Bertz CT molecular complexity index is 834. The molecule has 0 bridgehead atoms. The zero-order valence-electron chi connectivity index (χ0n) is 11.6. The molecule has 3 heterocycles. The second kappa shape index (κ2) is 5.98. The average molecular weight is 316 g/mol. The van der Waals surface area contributed by atoms with Crippen LogP contribution in [0.3, 0.4) is 0 Å². The van der Waals surface area contributed by atoms with Crippen LogP contribution in [0.15, 0.2) is 29.3 Å². The highest BCUT2D eigenvalue weighted by molar-refractivity contribution is 7.98. The van der Waals surface area contributed by atoms with E-state index in [2.05, 4.69) is 25.4 Å². The molecule has 0 radical (unpaired) electrons. The lowest BCUT2D eigenvalue weighted by molar-refractivity contribution is 0.0593. The number of pyridine rings is 2. The molecule has 0 aliphatic rings. The molecule has 0 aromatic carbocycles. The first-order valence-corrected chi connectivity index (χ1v) is 7.29. The standard InChI is InChI=1S/C13H12N6O2S/c1-21-13(20)10-7(3-2-4-15-10)6-22-8-5-9(14)16-12-11(8)17-19-18-12/h2-5H,6H2,1H3,(H3,14,16,17,18,19). The molecule has 0 fully saturated rings. The van der Waals surface area contributed by atoms with E-state index >= 15 is 0 Å². The first kappa shape index (κ1) is 14.3. The molecule has 8 nitrogen and oxygen atoms in total. The SMILES string of the molecule is COC(=O)c1ncccc1CSc1cc(N)nc2n[nH]nc12. The molecule has 0 unspecified atom stereocenters. The quantitative estimate of drug-likeness (QED) is 0.547. The molecule has 0 amide bonds. The van der Waals surface area contributed by atoms with Crippen molar-refractivity contribution >= 4 is 34.7 Å². The number of rotatable bonds is 4. The summed E-state index contributed by atoms with van der Waals surface area (Å²) < 4.78 is 4.74. The Hall–Kier alpha value is -2.68. The van der Waals surface area contributed by atoms with Gasteiger partial charge in [0.1, 0.15) is 11.3 Å². The van der Waals surface area contributed by atoms with Crippen LogP contribution in [0.25, 0.3) is 11.2 Å². The molecule has 9 heteroatoms. The van der Waals surface area contributed by atoms with Gasteiger partial charge in [-0.15, -0.1) is 16.9 Å². The molecule has 3 aromatic rings. The van der Waals surface area contributed by atoms with E-state index in [4.69, 9.17) is 10.5 Å². The highest BCUT2D eigenvalue weighted by Crippen LogP contribution is 2.29. The summed E-state index contributed by atoms with van der Waals surface area (Å²) >= 11 is 1.47. The number of hydrogen-bond acceptors (Lipinski definition) is 8. The van der Waals surface area contributed by atoms with E-state index in [1.54, 1.807) is 18.3 Å². The zero-order valence-corrected chi connectivity index (χ0v) is 12.4. The Labute approximate surface area is 129 Å². The molecule has 112 valence electrons. The second-order valence-electron chi connectivity index (χ2n) is 4.33. The van der Waals surface area contributed by atoms with Crippen molar-refractivity contribution in [2.24, 2.45) is 0 Å². The lowest BCUT2D eigenvalue weighted by Gasteiger charge is -2.07. The number of ether oxygens (including phenoxy) is 1. The molecule has 3 aromatic heterocycles. The highest BCUT2D eigenvalue weighted by Gasteiger charge is 2.15. The fourth-order valence-corrected chi connectivity index (χ4v) is 2.95. The van der Waals surface area contributed by atoms with Crippen LogP contribution in [0.2, 0.25) is 0 Å². The van der Waals surface area contributed by atoms with Gasteiger partial charge in [0.15, 0.2) is 5.69 Å². The number of thioether (sulfide) groups is 1. The number of aromatic amines is 1. The van der Waals surface area contributed by atoms with Crippen LogP contribution in [0.5, 0.6) is 0 Å². The minimum absolute atomic E-state index is 0.302. The first-order valence-electron chi connectivity index (χ1n) is 6.31.